The van der Waals surface area contributed by atoms with Crippen molar-refractivity contribution in [3.05, 3.63) is 30.6 Å². The Labute approximate surface area is 129 Å². The molecule has 6 heteroatoms. The molecule has 2 atom stereocenters. The highest BCUT2D eigenvalue weighted by Gasteiger charge is 2.28. The predicted octanol–water partition coefficient (Wildman–Crippen LogP) is 1.99. The molecule has 0 aliphatic carbocycles. The summed E-state index contributed by atoms with van der Waals surface area (Å²) < 4.78 is 12.9. The molecule has 2 aliphatic rings. The van der Waals surface area contributed by atoms with Gasteiger partial charge in [-0.1, -0.05) is 0 Å². The first-order valence-electron chi connectivity index (χ1n) is 7.88. The molecule has 2 aromatic rings. The number of hydrogen-bond acceptors (Lipinski definition) is 5. The van der Waals surface area contributed by atoms with Gasteiger partial charge in [-0.3, -0.25) is 4.98 Å². The second-order valence-electron chi connectivity index (χ2n) is 5.76. The highest BCUT2D eigenvalue weighted by molar-refractivity contribution is 5.54. The fourth-order valence-electron chi connectivity index (χ4n) is 2.87. The molecule has 0 radical (unpaired) electrons. The molecule has 2 fully saturated rings. The molecule has 0 saturated carbocycles. The zero-order chi connectivity index (χ0) is 14.8. The Morgan fingerprint density at radius 2 is 2.32 bits per heavy atom. The molecular formula is C16H20N4O2. The van der Waals surface area contributed by atoms with Gasteiger partial charge in [-0.2, -0.15) is 5.10 Å². The monoisotopic (exact) mass is 300 g/mol. The van der Waals surface area contributed by atoms with Crippen LogP contribution < -0.4 is 10.1 Å². The molecule has 4 heterocycles. The van der Waals surface area contributed by atoms with Crippen molar-refractivity contribution in [2.45, 2.75) is 31.5 Å². The molecule has 2 saturated heterocycles. The van der Waals surface area contributed by atoms with E-state index in [0.717, 1.165) is 43.3 Å². The van der Waals surface area contributed by atoms with Crippen LogP contribution in [0.3, 0.4) is 0 Å². The summed E-state index contributed by atoms with van der Waals surface area (Å²) in [5.41, 5.74) is 1.86. The third-order valence-electron chi connectivity index (χ3n) is 4.16. The Bertz CT molecular complexity index is 615. The van der Waals surface area contributed by atoms with Gasteiger partial charge in [-0.05, 0) is 44.0 Å². The first-order chi connectivity index (χ1) is 10.9. The van der Waals surface area contributed by atoms with Crippen LogP contribution in [-0.2, 0) is 4.74 Å². The van der Waals surface area contributed by atoms with Crippen molar-refractivity contribution in [1.82, 2.24) is 20.1 Å². The van der Waals surface area contributed by atoms with Gasteiger partial charge in [0.2, 0.25) is 0 Å². The third kappa shape index (κ3) is 2.98. The normalized spacial score (nSPS) is 23.6. The lowest BCUT2D eigenvalue weighted by Gasteiger charge is -2.11. The van der Waals surface area contributed by atoms with Crippen LogP contribution in [0.5, 0.6) is 5.75 Å². The topological polar surface area (TPSA) is 64.5 Å². The molecule has 2 aliphatic heterocycles. The number of rotatable bonds is 6. The molecule has 2 aromatic heterocycles. The Balaban J connectivity index is 1.36. The van der Waals surface area contributed by atoms with E-state index in [1.807, 2.05) is 22.9 Å². The fourth-order valence-corrected chi connectivity index (χ4v) is 2.87. The van der Waals surface area contributed by atoms with Crippen molar-refractivity contribution < 1.29 is 9.47 Å². The van der Waals surface area contributed by atoms with E-state index in [-0.39, 0.29) is 6.23 Å². The van der Waals surface area contributed by atoms with Gasteiger partial charge in [0.15, 0.2) is 6.23 Å². The van der Waals surface area contributed by atoms with E-state index >= 15 is 0 Å². The zero-order valence-electron chi connectivity index (χ0n) is 12.4. The van der Waals surface area contributed by atoms with Gasteiger partial charge in [0.25, 0.3) is 0 Å². The Hall–Kier alpha value is -1.92. The second-order valence-corrected chi connectivity index (χ2v) is 5.76. The molecular weight excluding hydrogens is 280 g/mol. The predicted molar refractivity (Wildman–Crippen MR) is 81.6 cm³/mol. The third-order valence-corrected chi connectivity index (χ3v) is 4.16. The van der Waals surface area contributed by atoms with Gasteiger partial charge in [0, 0.05) is 12.2 Å². The largest absolute Gasteiger partial charge is 0.492 e. The van der Waals surface area contributed by atoms with E-state index in [0.29, 0.717) is 6.04 Å². The second kappa shape index (κ2) is 6.06. The smallest absolute Gasteiger partial charge is 0.174 e. The van der Waals surface area contributed by atoms with Crippen LogP contribution in [0, 0.1) is 0 Å². The minimum absolute atomic E-state index is 0.0710. The van der Waals surface area contributed by atoms with Crippen LogP contribution in [0.2, 0.25) is 0 Å². The lowest BCUT2D eigenvalue weighted by atomic mass is 10.2. The van der Waals surface area contributed by atoms with E-state index in [9.17, 15) is 0 Å². The van der Waals surface area contributed by atoms with Crippen LogP contribution in [0.1, 0.15) is 25.5 Å². The summed E-state index contributed by atoms with van der Waals surface area (Å²) in [5, 5.41) is 7.76. The summed E-state index contributed by atoms with van der Waals surface area (Å²) in [5.74, 6) is 0.815. The van der Waals surface area contributed by atoms with Gasteiger partial charge in [0.05, 0.1) is 30.8 Å². The van der Waals surface area contributed by atoms with Gasteiger partial charge in [-0.25, -0.2) is 4.68 Å². The summed E-state index contributed by atoms with van der Waals surface area (Å²) in [6, 6.07) is 6.50. The molecule has 6 nitrogen and oxygen atoms in total. The zero-order valence-corrected chi connectivity index (χ0v) is 12.4. The number of nitrogens with zero attached hydrogens (tertiary/aromatic N) is 3. The van der Waals surface area contributed by atoms with Crippen LogP contribution in [-0.4, -0.2) is 40.6 Å². The first kappa shape index (κ1) is 13.7. The van der Waals surface area contributed by atoms with E-state index in [4.69, 9.17) is 9.47 Å². The summed E-state index contributed by atoms with van der Waals surface area (Å²) in [6.07, 6.45) is 7.21. The molecule has 116 valence electrons. The quantitative estimate of drug-likeness (QED) is 0.827. The van der Waals surface area contributed by atoms with E-state index < -0.39 is 0 Å². The first-order valence-corrected chi connectivity index (χ1v) is 7.88. The van der Waals surface area contributed by atoms with Crippen molar-refractivity contribution in [3.63, 3.8) is 0 Å². The van der Waals surface area contributed by atoms with Gasteiger partial charge < -0.3 is 14.8 Å². The van der Waals surface area contributed by atoms with E-state index in [1.165, 1.54) is 12.8 Å². The van der Waals surface area contributed by atoms with Crippen molar-refractivity contribution in [2.75, 3.05) is 19.8 Å². The average Bonchev–Trinajstić information content (AvgIpc) is 3.06. The number of nitrogens with one attached hydrogen (secondary N) is 1. The van der Waals surface area contributed by atoms with Crippen LogP contribution >= 0.6 is 0 Å². The summed E-state index contributed by atoms with van der Waals surface area (Å²) in [6.45, 7) is 2.59. The SMILES string of the molecule is c1cc(-c2ccc(OCC[C@H]3CCCN3)cn2)n(C2CO2)n1. The maximum absolute atomic E-state index is 5.78. The lowest BCUT2D eigenvalue weighted by molar-refractivity contribution is 0.291. The van der Waals surface area contributed by atoms with Crippen LogP contribution in [0.15, 0.2) is 30.6 Å². The van der Waals surface area contributed by atoms with Crippen molar-refractivity contribution in [3.8, 4) is 17.1 Å². The molecule has 1 unspecified atom stereocenters. The number of aromatic nitrogens is 3. The number of pyridine rings is 1. The Kier molecular flexibility index (Phi) is 3.78. The van der Waals surface area contributed by atoms with Crippen molar-refractivity contribution in [1.29, 1.82) is 0 Å². The van der Waals surface area contributed by atoms with Gasteiger partial charge in [-0.15, -0.1) is 0 Å². The highest BCUT2D eigenvalue weighted by Crippen LogP contribution is 2.28. The molecule has 22 heavy (non-hydrogen) atoms. The summed E-state index contributed by atoms with van der Waals surface area (Å²) >= 11 is 0. The lowest BCUT2D eigenvalue weighted by Crippen LogP contribution is -2.23. The molecule has 0 bridgehead atoms. The molecule has 4 rings (SSSR count). The maximum atomic E-state index is 5.78. The molecule has 0 spiro atoms. The minimum atomic E-state index is 0.0710. The molecule has 0 aromatic carbocycles. The average molecular weight is 300 g/mol. The van der Waals surface area contributed by atoms with Crippen molar-refractivity contribution in [2.24, 2.45) is 0 Å². The van der Waals surface area contributed by atoms with Crippen LogP contribution in [0.4, 0.5) is 0 Å². The summed E-state index contributed by atoms with van der Waals surface area (Å²) in [7, 11) is 0. The Morgan fingerprint density at radius 1 is 1.36 bits per heavy atom. The number of epoxide rings is 1. The summed E-state index contributed by atoms with van der Waals surface area (Å²) in [4.78, 5) is 4.49. The van der Waals surface area contributed by atoms with Gasteiger partial charge >= 0.3 is 0 Å². The van der Waals surface area contributed by atoms with Crippen LogP contribution in [0.25, 0.3) is 11.4 Å². The van der Waals surface area contributed by atoms with Crippen molar-refractivity contribution >= 4 is 0 Å². The molecule has 1 N–H and O–H groups in total. The number of ether oxygens (including phenoxy) is 2. The molecule has 0 amide bonds. The minimum Gasteiger partial charge on any atom is -0.492 e. The van der Waals surface area contributed by atoms with E-state index in [2.05, 4.69) is 15.4 Å². The number of hydrogen-bond donors (Lipinski definition) is 1. The highest BCUT2D eigenvalue weighted by atomic mass is 16.6. The van der Waals surface area contributed by atoms with Gasteiger partial charge in [0.1, 0.15) is 5.75 Å². The standard InChI is InChI=1S/C16H20N4O2/c1-2-12(17-7-1)6-9-21-13-3-4-14(18-10-13)15-5-8-19-20(15)16-11-22-16/h3-5,8,10,12,16-17H,1-2,6-7,9,11H2/t12-,16?/m1/s1. The Morgan fingerprint density at radius 3 is 3.05 bits per heavy atom. The fraction of sp³-hybridized carbons (Fsp3) is 0.500. The van der Waals surface area contributed by atoms with E-state index in [1.54, 1.807) is 12.4 Å². The maximum Gasteiger partial charge on any atom is 0.174 e.